The van der Waals surface area contributed by atoms with Gasteiger partial charge in [0.2, 0.25) is 0 Å². The quantitative estimate of drug-likeness (QED) is 0.776. The Balaban J connectivity index is 1.97. The number of carbonyl (C=O) groups is 1. The first-order valence-electron chi connectivity index (χ1n) is 5.17. The monoisotopic (exact) mass is 217 g/mol. The summed E-state index contributed by atoms with van der Waals surface area (Å²) in [5.74, 6) is 0.736. The number of benzene rings is 1. The molecule has 0 aliphatic carbocycles. The number of rotatable bonds is 2. The van der Waals surface area contributed by atoms with Crippen molar-refractivity contribution in [2.75, 3.05) is 6.61 Å². The van der Waals surface area contributed by atoms with Gasteiger partial charge in [0, 0.05) is 10.8 Å². The highest BCUT2D eigenvalue weighted by molar-refractivity contribution is 5.84. The number of hydrogen-bond donors (Lipinski definition) is 1. The van der Waals surface area contributed by atoms with Gasteiger partial charge in [-0.3, -0.25) is 5.32 Å². The Morgan fingerprint density at radius 3 is 3.06 bits per heavy atom. The second-order valence-electron chi connectivity index (χ2n) is 3.81. The minimum absolute atomic E-state index is 0.242. The summed E-state index contributed by atoms with van der Waals surface area (Å²) >= 11 is 0. The van der Waals surface area contributed by atoms with Gasteiger partial charge in [-0.25, -0.2) is 0 Å². The van der Waals surface area contributed by atoms with Crippen molar-refractivity contribution in [1.29, 1.82) is 0 Å². The van der Waals surface area contributed by atoms with Crippen LogP contribution in [0.25, 0.3) is 10.8 Å². The second kappa shape index (κ2) is 3.73. The van der Waals surface area contributed by atoms with Crippen molar-refractivity contribution in [2.45, 2.75) is 12.3 Å². The number of furan rings is 1. The maximum Gasteiger partial charge on any atom is 0.168 e. The van der Waals surface area contributed by atoms with E-state index in [1.54, 1.807) is 6.26 Å². The van der Waals surface area contributed by atoms with Gasteiger partial charge < -0.3 is 13.9 Å². The molecule has 1 aliphatic heterocycles. The molecule has 1 aromatic heterocycles. The van der Waals surface area contributed by atoms with Gasteiger partial charge in [-0.15, -0.1) is 0 Å². The molecule has 1 aromatic carbocycles. The van der Waals surface area contributed by atoms with Gasteiger partial charge in [-0.05, 0) is 0 Å². The lowest BCUT2D eigenvalue weighted by Crippen LogP contribution is -2.26. The molecule has 0 saturated carbocycles. The second-order valence-corrected chi connectivity index (χ2v) is 3.81. The van der Waals surface area contributed by atoms with Crippen LogP contribution in [0.2, 0.25) is 0 Å². The molecule has 2 heterocycles. The van der Waals surface area contributed by atoms with Gasteiger partial charge >= 0.3 is 0 Å². The molecule has 2 unspecified atom stereocenters. The number of aldehydes is 1. The number of ether oxygens (including phenoxy) is 1. The van der Waals surface area contributed by atoms with Gasteiger partial charge in [0.05, 0.1) is 18.9 Å². The Kier molecular flexibility index (Phi) is 2.23. The molecular formula is C12H11NO3. The highest BCUT2D eigenvalue weighted by Gasteiger charge is 2.28. The zero-order valence-corrected chi connectivity index (χ0v) is 8.55. The molecule has 82 valence electrons. The molecule has 0 radical (unpaired) electrons. The highest BCUT2D eigenvalue weighted by atomic mass is 16.5. The first kappa shape index (κ1) is 9.57. The normalized spacial score (nSPS) is 25.0. The van der Waals surface area contributed by atoms with E-state index < -0.39 is 0 Å². The molecule has 4 nitrogen and oxygen atoms in total. The number of hydrogen-bond acceptors (Lipinski definition) is 4. The summed E-state index contributed by atoms with van der Waals surface area (Å²) in [7, 11) is 0. The van der Waals surface area contributed by atoms with Crippen molar-refractivity contribution < 1.29 is 13.9 Å². The molecule has 2 atom stereocenters. The van der Waals surface area contributed by atoms with E-state index in [2.05, 4.69) is 5.32 Å². The first-order chi connectivity index (χ1) is 7.88. The van der Waals surface area contributed by atoms with Gasteiger partial charge in [-0.2, -0.15) is 0 Å². The lowest BCUT2D eigenvalue weighted by Gasteiger charge is -2.07. The maximum atomic E-state index is 10.6. The van der Waals surface area contributed by atoms with Crippen LogP contribution in [-0.4, -0.2) is 18.9 Å². The van der Waals surface area contributed by atoms with Crippen LogP contribution < -0.4 is 5.32 Å². The molecule has 16 heavy (non-hydrogen) atoms. The number of nitrogens with one attached hydrogen (secondary N) is 1. The van der Waals surface area contributed by atoms with E-state index in [9.17, 15) is 4.79 Å². The first-order valence-corrected chi connectivity index (χ1v) is 5.17. The van der Waals surface area contributed by atoms with Gasteiger partial charge in [0.1, 0.15) is 6.29 Å². The Hall–Kier alpha value is -1.65. The minimum atomic E-state index is -0.324. The van der Waals surface area contributed by atoms with Crippen molar-refractivity contribution in [3.8, 4) is 0 Å². The third kappa shape index (κ3) is 1.43. The summed E-state index contributed by atoms with van der Waals surface area (Å²) in [5.41, 5.74) is 0. The predicted molar refractivity (Wildman–Crippen MR) is 57.9 cm³/mol. The molecule has 0 spiro atoms. The third-order valence-electron chi connectivity index (χ3n) is 2.75. The van der Waals surface area contributed by atoms with E-state index in [1.165, 1.54) is 0 Å². The highest BCUT2D eigenvalue weighted by Crippen LogP contribution is 2.29. The fourth-order valence-corrected chi connectivity index (χ4v) is 1.94. The van der Waals surface area contributed by atoms with Crippen LogP contribution in [0, 0.1) is 0 Å². The molecule has 1 saturated heterocycles. The van der Waals surface area contributed by atoms with Crippen LogP contribution in [0.4, 0.5) is 0 Å². The molecule has 0 bridgehead atoms. The van der Waals surface area contributed by atoms with Gasteiger partial charge in [0.25, 0.3) is 0 Å². The van der Waals surface area contributed by atoms with Crippen molar-refractivity contribution in [2.24, 2.45) is 0 Å². The summed E-state index contributed by atoms with van der Waals surface area (Å²) in [4.78, 5) is 10.6. The Morgan fingerprint density at radius 2 is 2.25 bits per heavy atom. The Labute approximate surface area is 92.2 Å². The van der Waals surface area contributed by atoms with E-state index >= 15 is 0 Å². The zero-order valence-electron chi connectivity index (χ0n) is 8.55. The minimum Gasteiger partial charge on any atom is -0.464 e. The van der Waals surface area contributed by atoms with Crippen LogP contribution >= 0.6 is 0 Å². The fourth-order valence-electron chi connectivity index (χ4n) is 1.94. The van der Waals surface area contributed by atoms with E-state index in [0.29, 0.717) is 6.61 Å². The summed E-state index contributed by atoms with van der Waals surface area (Å²) in [6.45, 7) is 0.392. The zero-order chi connectivity index (χ0) is 11.0. The standard InChI is InChI=1S/C12H11NO3/c14-5-9-7-16-12(13-9)11-10-4-2-1-3-8(10)6-15-11/h1-6,9,12-13H,7H2. The van der Waals surface area contributed by atoms with Crippen molar-refractivity contribution in [3.05, 3.63) is 36.3 Å². The van der Waals surface area contributed by atoms with E-state index in [1.807, 2.05) is 24.3 Å². The average molecular weight is 217 g/mol. The van der Waals surface area contributed by atoms with E-state index in [-0.39, 0.29) is 12.3 Å². The smallest absolute Gasteiger partial charge is 0.168 e. The maximum absolute atomic E-state index is 10.6. The lowest BCUT2D eigenvalue weighted by atomic mass is 10.2. The van der Waals surface area contributed by atoms with Gasteiger partial charge in [-0.1, -0.05) is 24.3 Å². The molecule has 2 aromatic rings. The number of fused-ring (bicyclic) bond motifs is 1. The third-order valence-corrected chi connectivity index (χ3v) is 2.75. The van der Waals surface area contributed by atoms with Crippen molar-refractivity contribution >= 4 is 17.1 Å². The van der Waals surface area contributed by atoms with Crippen LogP contribution in [0.15, 0.2) is 34.9 Å². The topological polar surface area (TPSA) is 51.5 Å². The molecule has 1 aliphatic rings. The fraction of sp³-hybridized carbons (Fsp3) is 0.250. The van der Waals surface area contributed by atoms with Gasteiger partial charge in [0.15, 0.2) is 12.0 Å². The van der Waals surface area contributed by atoms with Crippen molar-refractivity contribution in [3.63, 3.8) is 0 Å². The molecule has 1 fully saturated rings. The van der Waals surface area contributed by atoms with Crippen LogP contribution in [0.5, 0.6) is 0 Å². The largest absolute Gasteiger partial charge is 0.464 e. The van der Waals surface area contributed by atoms with E-state index in [0.717, 1.165) is 22.8 Å². The lowest BCUT2D eigenvalue weighted by molar-refractivity contribution is -0.109. The number of carbonyl (C=O) groups excluding carboxylic acids is 1. The molecule has 1 N–H and O–H groups in total. The van der Waals surface area contributed by atoms with Crippen LogP contribution in [-0.2, 0) is 9.53 Å². The Bertz CT molecular complexity index is 520. The summed E-state index contributed by atoms with van der Waals surface area (Å²) < 4.78 is 11.0. The van der Waals surface area contributed by atoms with Crippen molar-refractivity contribution in [1.82, 2.24) is 5.32 Å². The average Bonchev–Trinajstić information content (AvgIpc) is 2.94. The SMILES string of the molecule is O=CC1COC(c2occ3ccccc23)N1. The molecular weight excluding hydrogens is 206 g/mol. The summed E-state index contributed by atoms with van der Waals surface area (Å²) in [5, 5.41) is 5.11. The molecule has 0 amide bonds. The summed E-state index contributed by atoms with van der Waals surface area (Å²) in [6.07, 6.45) is 2.23. The van der Waals surface area contributed by atoms with Crippen LogP contribution in [0.3, 0.4) is 0 Å². The molecule has 4 heteroatoms. The van der Waals surface area contributed by atoms with Crippen LogP contribution in [0.1, 0.15) is 12.0 Å². The Morgan fingerprint density at radius 1 is 1.38 bits per heavy atom. The summed E-state index contributed by atoms with van der Waals surface area (Å²) in [6, 6.07) is 7.63. The van der Waals surface area contributed by atoms with E-state index in [4.69, 9.17) is 9.15 Å². The molecule has 3 rings (SSSR count). The predicted octanol–water partition coefficient (Wildman–Crippen LogP) is 1.62.